The second-order valence-electron chi connectivity index (χ2n) is 3.23. The Balaban J connectivity index is 2.80. The van der Waals surface area contributed by atoms with Gasteiger partial charge in [-0.15, -0.1) is 0 Å². The maximum absolute atomic E-state index is 12.8. The molecule has 0 radical (unpaired) electrons. The van der Waals surface area contributed by atoms with Crippen LogP contribution in [0.15, 0.2) is 18.2 Å². The highest BCUT2D eigenvalue weighted by Gasteiger charge is 2.14. The molecule has 78 valence electrons. The van der Waals surface area contributed by atoms with Gasteiger partial charge in [-0.1, -0.05) is 15.9 Å². The lowest BCUT2D eigenvalue weighted by atomic mass is 10.1. The zero-order valence-electron chi connectivity index (χ0n) is 7.74. The predicted molar refractivity (Wildman–Crippen MR) is 56.2 cm³/mol. The van der Waals surface area contributed by atoms with Gasteiger partial charge in [0.1, 0.15) is 11.6 Å². The zero-order valence-corrected chi connectivity index (χ0v) is 9.33. The molecule has 0 aliphatic heterocycles. The Morgan fingerprint density at radius 3 is 2.71 bits per heavy atom. The summed E-state index contributed by atoms with van der Waals surface area (Å²) in [6.07, 6.45) is -0.154. The minimum absolute atomic E-state index is 0.0523. The van der Waals surface area contributed by atoms with Crippen LogP contribution in [0, 0.1) is 5.82 Å². The first-order valence-electron chi connectivity index (χ1n) is 4.30. The fourth-order valence-electron chi connectivity index (χ4n) is 1.10. The second-order valence-corrected chi connectivity index (χ2v) is 4.41. The Labute approximate surface area is 90.5 Å². The molecule has 0 bridgehead atoms. The SMILES string of the molecule is CC(O)C(Br)Cc1cc(F)ccc1O. The first kappa shape index (κ1) is 11.5. The van der Waals surface area contributed by atoms with Crippen molar-refractivity contribution in [1.29, 1.82) is 0 Å². The topological polar surface area (TPSA) is 40.5 Å². The van der Waals surface area contributed by atoms with Crippen molar-refractivity contribution >= 4 is 15.9 Å². The Morgan fingerprint density at radius 2 is 2.14 bits per heavy atom. The van der Waals surface area contributed by atoms with Crippen LogP contribution >= 0.6 is 15.9 Å². The molecule has 0 saturated carbocycles. The summed E-state index contributed by atoms with van der Waals surface area (Å²) in [6.45, 7) is 1.63. The number of aromatic hydroxyl groups is 1. The molecule has 1 aromatic rings. The van der Waals surface area contributed by atoms with Gasteiger partial charge in [-0.25, -0.2) is 4.39 Å². The van der Waals surface area contributed by atoms with Gasteiger partial charge in [0.2, 0.25) is 0 Å². The number of hydrogen-bond acceptors (Lipinski definition) is 2. The average Bonchev–Trinajstić information content (AvgIpc) is 2.11. The van der Waals surface area contributed by atoms with Crippen LogP contribution in [0.2, 0.25) is 0 Å². The first-order valence-corrected chi connectivity index (χ1v) is 5.22. The summed E-state index contributed by atoms with van der Waals surface area (Å²) in [6, 6.07) is 3.78. The third-order valence-electron chi connectivity index (χ3n) is 1.98. The normalized spacial score (nSPS) is 15.1. The molecular weight excluding hydrogens is 251 g/mol. The minimum atomic E-state index is -0.544. The molecule has 2 atom stereocenters. The summed E-state index contributed by atoms with van der Waals surface area (Å²) >= 11 is 3.25. The zero-order chi connectivity index (χ0) is 10.7. The molecule has 2 N–H and O–H groups in total. The van der Waals surface area contributed by atoms with Crippen LogP contribution in [-0.4, -0.2) is 21.1 Å². The highest BCUT2D eigenvalue weighted by molar-refractivity contribution is 9.09. The number of aliphatic hydroxyl groups is 1. The van der Waals surface area contributed by atoms with E-state index in [0.717, 1.165) is 0 Å². The van der Waals surface area contributed by atoms with E-state index in [2.05, 4.69) is 15.9 Å². The Morgan fingerprint density at radius 1 is 1.50 bits per heavy atom. The molecule has 0 aliphatic carbocycles. The highest BCUT2D eigenvalue weighted by Crippen LogP contribution is 2.22. The summed E-state index contributed by atoms with van der Waals surface area (Å²) in [5.41, 5.74) is 0.493. The lowest BCUT2D eigenvalue weighted by molar-refractivity contribution is 0.192. The Hall–Kier alpha value is -0.610. The third kappa shape index (κ3) is 2.96. The average molecular weight is 263 g/mol. The number of alkyl halides is 1. The molecule has 0 saturated heterocycles. The van der Waals surface area contributed by atoms with Gasteiger partial charge in [0.25, 0.3) is 0 Å². The fourth-order valence-corrected chi connectivity index (χ4v) is 1.45. The highest BCUT2D eigenvalue weighted by atomic mass is 79.9. The predicted octanol–water partition coefficient (Wildman–Crippen LogP) is 2.22. The third-order valence-corrected chi connectivity index (χ3v) is 3.07. The quantitative estimate of drug-likeness (QED) is 0.821. The van der Waals surface area contributed by atoms with E-state index < -0.39 is 6.10 Å². The van der Waals surface area contributed by atoms with Gasteiger partial charge in [0.05, 0.1) is 6.10 Å². The molecular formula is C10H12BrFO2. The molecule has 0 spiro atoms. The lowest BCUT2D eigenvalue weighted by Gasteiger charge is -2.13. The standard InChI is InChI=1S/C10H12BrFO2/c1-6(13)9(11)5-7-4-8(12)2-3-10(7)14/h2-4,6,9,13-14H,5H2,1H3. The number of phenolic OH excluding ortho intramolecular Hbond substituents is 1. The summed E-state index contributed by atoms with van der Waals surface area (Å²) in [4.78, 5) is -0.185. The van der Waals surface area contributed by atoms with Crippen molar-refractivity contribution < 1.29 is 14.6 Å². The van der Waals surface area contributed by atoms with Gasteiger partial charge < -0.3 is 10.2 Å². The van der Waals surface area contributed by atoms with E-state index in [0.29, 0.717) is 12.0 Å². The van der Waals surface area contributed by atoms with Crippen LogP contribution in [0.5, 0.6) is 5.75 Å². The van der Waals surface area contributed by atoms with Crippen LogP contribution < -0.4 is 0 Å². The first-order chi connectivity index (χ1) is 6.50. The molecule has 0 amide bonds. The summed E-state index contributed by atoms with van der Waals surface area (Å²) in [7, 11) is 0. The number of rotatable bonds is 3. The Kier molecular flexibility index (Phi) is 3.89. The fraction of sp³-hybridized carbons (Fsp3) is 0.400. The van der Waals surface area contributed by atoms with Gasteiger partial charge in [-0.3, -0.25) is 0 Å². The van der Waals surface area contributed by atoms with Crippen molar-refractivity contribution in [3.05, 3.63) is 29.6 Å². The van der Waals surface area contributed by atoms with Gasteiger partial charge in [-0.05, 0) is 37.1 Å². The van der Waals surface area contributed by atoms with Crippen molar-refractivity contribution in [2.45, 2.75) is 24.3 Å². The van der Waals surface area contributed by atoms with E-state index >= 15 is 0 Å². The number of hydrogen-bond donors (Lipinski definition) is 2. The number of aliphatic hydroxyl groups excluding tert-OH is 1. The Bertz CT molecular complexity index is 315. The molecule has 0 aliphatic rings. The summed E-state index contributed by atoms with van der Waals surface area (Å²) in [5.74, 6) is -0.334. The number of halogens is 2. The van der Waals surface area contributed by atoms with Crippen LogP contribution in [0.1, 0.15) is 12.5 Å². The van der Waals surface area contributed by atoms with Crippen molar-refractivity contribution in [3.8, 4) is 5.75 Å². The molecule has 0 heterocycles. The number of benzene rings is 1. The van der Waals surface area contributed by atoms with Crippen LogP contribution in [-0.2, 0) is 6.42 Å². The minimum Gasteiger partial charge on any atom is -0.508 e. The molecule has 14 heavy (non-hydrogen) atoms. The van der Waals surface area contributed by atoms with Gasteiger partial charge >= 0.3 is 0 Å². The second kappa shape index (κ2) is 4.75. The van der Waals surface area contributed by atoms with Crippen molar-refractivity contribution in [2.75, 3.05) is 0 Å². The summed E-state index contributed by atoms with van der Waals surface area (Å²) in [5, 5.41) is 18.6. The largest absolute Gasteiger partial charge is 0.508 e. The van der Waals surface area contributed by atoms with Crippen LogP contribution in [0.25, 0.3) is 0 Å². The van der Waals surface area contributed by atoms with Crippen LogP contribution in [0.4, 0.5) is 4.39 Å². The van der Waals surface area contributed by atoms with E-state index in [4.69, 9.17) is 0 Å². The number of phenols is 1. The molecule has 2 nitrogen and oxygen atoms in total. The van der Waals surface area contributed by atoms with Crippen molar-refractivity contribution in [2.24, 2.45) is 0 Å². The van der Waals surface area contributed by atoms with E-state index in [1.165, 1.54) is 18.2 Å². The van der Waals surface area contributed by atoms with E-state index in [-0.39, 0.29) is 16.4 Å². The van der Waals surface area contributed by atoms with Gasteiger partial charge in [0, 0.05) is 4.83 Å². The molecule has 0 fully saturated rings. The molecule has 1 aromatic carbocycles. The molecule has 4 heteroatoms. The van der Waals surface area contributed by atoms with E-state index in [1.54, 1.807) is 6.92 Å². The monoisotopic (exact) mass is 262 g/mol. The smallest absolute Gasteiger partial charge is 0.123 e. The van der Waals surface area contributed by atoms with Gasteiger partial charge in [0.15, 0.2) is 0 Å². The molecule has 2 unspecified atom stereocenters. The maximum Gasteiger partial charge on any atom is 0.123 e. The molecule has 1 rings (SSSR count). The van der Waals surface area contributed by atoms with Gasteiger partial charge in [-0.2, -0.15) is 0 Å². The van der Waals surface area contributed by atoms with Crippen molar-refractivity contribution in [3.63, 3.8) is 0 Å². The van der Waals surface area contributed by atoms with Crippen molar-refractivity contribution in [1.82, 2.24) is 0 Å². The lowest BCUT2D eigenvalue weighted by Crippen LogP contribution is -2.18. The van der Waals surface area contributed by atoms with E-state index in [1.807, 2.05) is 0 Å². The maximum atomic E-state index is 12.8. The summed E-state index contributed by atoms with van der Waals surface area (Å²) < 4.78 is 12.8. The van der Waals surface area contributed by atoms with E-state index in [9.17, 15) is 14.6 Å². The molecule has 0 aromatic heterocycles. The van der Waals surface area contributed by atoms with Crippen LogP contribution in [0.3, 0.4) is 0 Å².